The van der Waals surface area contributed by atoms with E-state index in [1.165, 1.54) is 52.1 Å². The van der Waals surface area contributed by atoms with Gasteiger partial charge in [0.1, 0.15) is 5.69 Å². The van der Waals surface area contributed by atoms with Crippen molar-refractivity contribution in [2.75, 3.05) is 21.3 Å². The van der Waals surface area contributed by atoms with Crippen LogP contribution in [0.25, 0.3) is 0 Å². The van der Waals surface area contributed by atoms with Gasteiger partial charge in [-0.2, -0.15) is 0 Å². The standard InChI is InChI=1S/C16H17N5O5S/c1-24-11-6-9(7-12(25-2)13(11)26-3)14(22)19-16(27)21-20-15(23)10-8-17-4-5-18-10/h4-8H,1-3H3,(H,20,23)(H2,19,21,22,27). The van der Waals surface area contributed by atoms with Gasteiger partial charge in [-0.3, -0.25) is 30.7 Å². The number of methoxy groups -OCH3 is 3. The van der Waals surface area contributed by atoms with E-state index < -0.39 is 11.8 Å². The van der Waals surface area contributed by atoms with Gasteiger partial charge in [-0.15, -0.1) is 0 Å². The first-order valence-electron chi connectivity index (χ1n) is 7.47. The van der Waals surface area contributed by atoms with Crippen molar-refractivity contribution in [3.05, 3.63) is 42.0 Å². The molecule has 0 aliphatic heterocycles. The van der Waals surface area contributed by atoms with Crippen LogP contribution in [0.1, 0.15) is 20.8 Å². The molecule has 2 rings (SSSR count). The highest BCUT2D eigenvalue weighted by atomic mass is 32.1. The molecule has 0 unspecified atom stereocenters. The molecule has 0 saturated carbocycles. The number of aromatic nitrogens is 2. The third kappa shape index (κ3) is 5.01. The van der Waals surface area contributed by atoms with E-state index in [1.54, 1.807) is 0 Å². The Morgan fingerprint density at radius 1 is 0.963 bits per heavy atom. The third-order valence-corrected chi connectivity index (χ3v) is 3.44. The summed E-state index contributed by atoms with van der Waals surface area (Å²) < 4.78 is 15.6. The van der Waals surface area contributed by atoms with Crippen molar-refractivity contribution in [2.24, 2.45) is 0 Å². The number of thiocarbonyl (C=S) groups is 1. The fourth-order valence-electron chi connectivity index (χ4n) is 2.01. The lowest BCUT2D eigenvalue weighted by Crippen LogP contribution is -2.48. The second-order valence-electron chi connectivity index (χ2n) is 4.87. The monoisotopic (exact) mass is 391 g/mol. The molecule has 0 bridgehead atoms. The van der Waals surface area contributed by atoms with Crippen LogP contribution < -0.4 is 30.4 Å². The van der Waals surface area contributed by atoms with Gasteiger partial charge >= 0.3 is 0 Å². The molecule has 0 spiro atoms. The fourth-order valence-corrected chi connectivity index (χ4v) is 2.16. The number of hydrogen-bond acceptors (Lipinski definition) is 8. The van der Waals surface area contributed by atoms with Gasteiger partial charge in [0.2, 0.25) is 5.75 Å². The first-order valence-corrected chi connectivity index (χ1v) is 7.88. The van der Waals surface area contributed by atoms with Crippen molar-refractivity contribution in [3.63, 3.8) is 0 Å². The second kappa shape index (κ2) is 9.29. The summed E-state index contributed by atoms with van der Waals surface area (Å²) in [5.41, 5.74) is 5.01. The van der Waals surface area contributed by atoms with Crippen molar-refractivity contribution in [2.45, 2.75) is 0 Å². The summed E-state index contributed by atoms with van der Waals surface area (Å²) in [6.07, 6.45) is 4.10. The summed E-state index contributed by atoms with van der Waals surface area (Å²) in [7, 11) is 4.33. The molecule has 0 aliphatic rings. The molecule has 2 amide bonds. The molecule has 142 valence electrons. The number of amides is 2. The molecule has 0 atom stereocenters. The van der Waals surface area contributed by atoms with Gasteiger partial charge in [0, 0.05) is 18.0 Å². The van der Waals surface area contributed by atoms with Crippen molar-refractivity contribution >= 4 is 29.1 Å². The van der Waals surface area contributed by atoms with Crippen molar-refractivity contribution in [1.29, 1.82) is 0 Å². The van der Waals surface area contributed by atoms with Crippen molar-refractivity contribution < 1.29 is 23.8 Å². The van der Waals surface area contributed by atoms with E-state index in [1.807, 2.05) is 0 Å². The van der Waals surface area contributed by atoms with Crippen LogP contribution in [0.15, 0.2) is 30.7 Å². The lowest BCUT2D eigenvalue weighted by atomic mass is 10.1. The van der Waals surface area contributed by atoms with Gasteiger partial charge in [0.25, 0.3) is 11.8 Å². The fraction of sp³-hybridized carbons (Fsp3) is 0.188. The topological polar surface area (TPSA) is 124 Å². The Labute approximate surface area is 160 Å². The maximum atomic E-state index is 12.4. The van der Waals surface area contributed by atoms with Crippen LogP contribution in [0.2, 0.25) is 0 Å². The molecule has 3 N–H and O–H groups in total. The largest absolute Gasteiger partial charge is 0.493 e. The van der Waals surface area contributed by atoms with Crippen LogP contribution >= 0.6 is 12.2 Å². The number of rotatable bonds is 5. The Kier molecular flexibility index (Phi) is 6.83. The molecular formula is C16H17N5O5S. The van der Waals surface area contributed by atoms with Crippen LogP contribution in [-0.4, -0.2) is 48.2 Å². The molecule has 10 nitrogen and oxygen atoms in total. The van der Waals surface area contributed by atoms with Crippen molar-refractivity contribution in [1.82, 2.24) is 26.1 Å². The molecular weight excluding hydrogens is 374 g/mol. The third-order valence-electron chi connectivity index (χ3n) is 3.24. The van der Waals surface area contributed by atoms with E-state index in [4.69, 9.17) is 26.4 Å². The molecule has 1 heterocycles. The van der Waals surface area contributed by atoms with Gasteiger partial charge in [-0.25, -0.2) is 4.98 Å². The minimum atomic E-state index is -0.563. The van der Waals surface area contributed by atoms with E-state index in [-0.39, 0.29) is 16.4 Å². The average molecular weight is 391 g/mol. The Morgan fingerprint density at radius 2 is 1.63 bits per heavy atom. The van der Waals surface area contributed by atoms with Crippen molar-refractivity contribution in [3.8, 4) is 17.2 Å². The van der Waals surface area contributed by atoms with Gasteiger partial charge in [-0.05, 0) is 24.4 Å². The summed E-state index contributed by atoms with van der Waals surface area (Å²) in [6, 6.07) is 2.94. The molecule has 0 radical (unpaired) electrons. The summed E-state index contributed by atoms with van der Waals surface area (Å²) in [4.78, 5) is 31.8. The van der Waals surface area contributed by atoms with Crippen LogP contribution in [0.3, 0.4) is 0 Å². The SMILES string of the molecule is COc1cc(C(=O)NC(=S)NNC(=O)c2cnccn2)cc(OC)c1OC. The molecule has 1 aromatic carbocycles. The number of nitrogens with one attached hydrogen (secondary N) is 3. The summed E-state index contributed by atoms with van der Waals surface area (Å²) >= 11 is 4.99. The summed E-state index contributed by atoms with van der Waals surface area (Å²) in [5.74, 6) is -0.116. The lowest BCUT2D eigenvalue weighted by Gasteiger charge is -2.14. The normalized spacial score (nSPS) is 9.74. The zero-order valence-corrected chi connectivity index (χ0v) is 15.5. The summed E-state index contributed by atoms with van der Waals surface area (Å²) in [5, 5.41) is 2.30. The smallest absolute Gasteiger partial charge is 0.289 e. The van der Waals surface area contributed by atoms with Crippen LogP contribution in [0.5, 0.6) is 17.2 Å². The lowest BCUT2D eigenvalue weighted by molar-refractivity contribution is 0.0930. The number of nitrogens with zero attached hydrogens (tertiary/aromatic N) is 2. The Morgan fingerprint density at radius 3 is 2.15 bits per heavy atom. The highest BCUT2D eigenvalue weighted by molar-refractivity contribution is 7.80. The minimum absolute atomic E-state index is 0.0868. The van der Waals surface area contributed by atoms with E-state index in [2.05, 4.69) is 26.1 Å². The molecule has 2 aromatic rings. The first kappa shape index (κ1) is 19.8. The number of benzene rings is 1. The molecule has 27 heavy (non-hydrogen) atoms. The number of carbonyl (C=O) groups is 2. The number of ether oxygens (including phenoxy) is 3. The minimum Gasteiger partial charge on any atom is -0.493 e. The number of hydrogen-bond donors (Lipinski definition) is 3. The van der Waals surface area contributed by atoms with E-state index in [0.29, 0.717) is 17.2 Å². The molecule has 0 aliphatic carbocycles. The quantitative estimate of drug-likeness (QED) is 0.492. The number of hydrazine groups is 1. The van der Waals surface area contributed by atoms with Crippen LogP contribution in [0, 0.1) is 0 Å². The predicted octanol–water partition coefficient (Wildman–Crippen LogP) is 0.452. The highest BCUT2D eigenvalue weighted by Crippen LogP contribution is 2.38. The van der Waals surface area contributed by atoms with Crippen LogP contribution in [-0.2, 0) is 0 Å². The maximum absolute atomic E-state index is 12.4. The van der Waals surface area contributed by atoms with Gasteiger partial charge in [0.05, 0.1) is 27.5 Å². The predicted molar refractivity (Wildman–Crippen MR) is 98.8 cm³/mol. The number of carbonyl (C=O) groups excluding carboxylic acids is 2. The zero-order chi connectivity index (χ0) is 19.8. The Hall–Kier alpha value is -3.47. The van der Waals surface area contributed by atoms with Gasteiger partial charge < -0.3 is 14.2 Å². The molecule has 1 aromatic heterocycles. The van der Waals surface area contributed by atoms with Crippen LogP contribution in [0.4, 0.5) is 0 Å². The zero-order valence-electron chi connectivity index (χ0n) is 14.7. The first-order chi connectivity index (χ1) is 13.0. The van der Waals surface area contributed by atoms with Gasteiger partial charge in [-0.1, -0.05) is 0 Å². The van der Waals surface area contributed by atoms with E-state index >= 15 is 0 Å². The molecule has 0 saturated heterocycles. The average Bonchev–Trinajstić information content (AvgIpc) is 2.71. The Bertz CT molecular complexity index is 821. The highest BCUT2D eigenvalue weighted by Gasteiger charge is 2.18. The second-order valence-corrected chi connectivity index (χ2v) is 5.28. The van der Waals surface area contributed by atoms with E-state index in [9.17, 15) is 9.59 Å². The Balaban J connectivity index is 2.02. The molecule has 11 heteroatoms. The summed E-state index contributed by atoms with van der Waals surface area (Å²) in [6.45, 7) is 0. The maximum Gasteiger partial charge on any atom is 0.289 e. The molecule has 0 fully saturated rings. The van der Waals surface area contributed by atoms with E-state index in [0.717, 1.165) is 0 Å². The van der Waals surface area contributed by atoms with Gasteiger partial charge in [0.15, 0.2) is 16.6 Å².